The Labute approximate surface area is 133 Å². The molecule has 0 amide bonds. The standard InChI is InChI=1S/C18H27N3O/c1-3-22-13-11-18(9-10-18)14-20-17(19-2)21-12-8-15-6-4-5-7-16(15)21/h4-7H,3,8-14H2,1-2H3,(H,19,20). The van der Waals surface area contributed by atoms with Crippen molar-refractivity contribution in [2.24, 2.45) is 10.4 Å². The molecule has 0 aromatic heterocycles. The maximum Gasteiger partial charge on any atom is 0.198 e. The second-order valence-electron chi connectivity index (χ2n) is 6.38. The van der Waals surface area contributed by atoms with Crippen molar-refractivity contribution in [3.05, 3.63) is 29.8 Å². The fraction of sp³-hybridized carbons (Fsp3) is 0.611. The van der Waals surface area contributed by atoms with Gasteiger partial charge >= 0.3 is 0 Å². The van der Waals surface area contributed by atoms with Crippen molar-refractivity contribution in [2.45, 2.75) is 32.6 Å². The first-order chi connectivity index (χ1) is 10.8. The largest absolute Gasteiger partial charge is 0.382 e. The summed E-state index contributed by atoms with van der Waals surface area (Å²) in [6.45, 7) is 5.78. The zero-order valence-electron chi connectivity index (χ0n) is 13.8. The molecule has 1 aromatic carbocycles. The van der Waals surface area contributed by atoms with Crippen LogP contribution in [0.5, 0.6) is 0 Å². The number of hydrogen-bond acceptors (Lipinski definition) is 2. The summed E-state index contributed by atoms with van der Waals surface area (Å²) in [5.41, 5.74) is 3.15. The molecule has 0 spiro atoms. The third-order valence-electron chi connectivity index (χ3n) is 4.91. The average molecular weight is 301 g/mol. The number of fused-ring (bicyclic) bond motifs is 1. The highest BCUT2D eigenvalue weighted by Gasteiger charge is 2.42. The molecule has 0 atom stereocenters. The predicted molar refractivity (Wildman–Crippen MR) is 91.6 cm³/mol. The summed E-state index contributed by atoms with van der Waals surface area (Å²) >= 11 is 0. The molecule has 1 heterocycles. The van der Waals surface area contributed by atoms with Crippen molar-refractivity contribution in [3.8, 4) is 0 Å². The molecule has 1 aliphatic heterocycles. The van der Waals surface area contributed by atoms with Crippen LogP contribution in [0.1, 0.15) is 31.7 Å². The van der Waals surface area contributed by atoms with Gasteiger partial charge in [0.15, 0.2) is 5.96 Å². The third-order valence-corrected chi connectivity index (χ3v) is 4.91. The smallest absolute Gasteiger partial charge is 0.198 e. The minimum Gasteiger partial charge on any atom is -0.382 e. The van der Waals surface area contributed by atoms with Gasteiger partial charge in [-0.15, -0.1) is 0 Å². The highest BCUT2D eigenvalue weighted by molar-refractivity contribution is 5.97. The Kier molecular flexibility index (Phi) is 4.67. The van der Waals surface area contributed by atoms with E-state index in [1.165, 1.54) is 24.1 Å². The van der Waals surface area contributed by atoms with Gasteiger partial charge in [0.05, 0.1) is 0 Å². The number of hydrogen-bond donors (Lipinski definition) is 1. The zero-order chi connectivity index (χ0) is 15.4. The molecule has 2 aliphatic rings. The second-order valence-corrected chi connectivity index (χ2v) is 6.38. The van der Waals surface area contributed by atoms with Crippen LogP contribution in [0.15, 0.2) is 29.3 Å². The molecule has 1 aliphatic carbocycles. The van der Waals surface area contributed by atoms with Crippen molar-refractivity contribution >= 4 is 11.6 Å². The summed E-state index contributed by atoms with van der Waals surface area (Å²) in [5, 5.41) is 3.60. The van der Waals surface area contributed by atoms with Gasteiger partial charge < -0.3 is 15.0 Å². The number of aliphatic imine (C=N–C) groups is 1. The van der Waals surface area contributed by atoms with Gasteiger partial charge in [0.2, 0.25) is 0 Å². The summed E-state index contributed by atoms with van der Waals surface area (Å²) in [7, 11) is 1.88. The molecule has 1 fully saturated rings. The van der Waals surface area contributed by atoms with E-state index in [9.17, 15) is 0 Å². The monoisotopic (exact) mass is 301 g/mol. The molecular formula is C18H27N3O. The third kappa shape index (κ3) is 3.27. The van der Waals surface area contributed by atoms with E-state index in [2.05, 4.69) is 46.4 Å². The van der Waals surface area contributed by atoms with Crippen molar-refractivity contribution in [1.82, 2.24) is 5.32 Å². The van der Waals surface area contributed by atoms with Gasteiger partial charge in [-0.2, -0.15) is 0 Å². The lowest BCUT2D eigenvalue weighted by molar-refractivity contribution is 0.128. The number of para-hydroxylation sites is 1. The SMILES string of the molecule is CCOCCC1(CNC(=NC)N2CCc3ccccc32)CC1. The molecule has 120 valence electrons. The molecule has 0 bridgehead atoms. The van der Waals surface area contributed by atoms with Crippen LogP contribution in [-0.4, -0.2) is 39.3 Å². The lowest BCUT2D eigenvalue weighted by atomic mass is 10.0. The average Bonchev–Trinajstić information content (AvgIpc) is 3.19. The molecule has 22 heavy (non-hydrogen) atoms. The summed E-state index contributed by atoms with van der Waals surface area (Å²) in [5.74, 6) is 1.01. The van der Waals surface area contributed by atoms with E-state index < -0.39 is 0 Å². The fourth-order valence-electron chi connectivity index (χ4n) is 3.24. The number of nitrogens with zero attached hydrogens (tertiary/aromatic N) is 2. The van der Waals surface area contributed by atoms with E-state index in [4.69, 9.17) is 4.74 Å². The highest BCUT2D eigenvalue weighted by atomic mass is 16.5. The summed E-state index contributed by atoms with van der Waals surface area (Å²) in [6.07, 6.45) is 4.87. The number of anilines is 1. The Balaban J connectivity index is 1.58. The number of ether oxygens (including phenoxy) is 1. The summed E-state index contributed by atoms with van der Waals surface area (Å²) < 4.78 is 5.52. The lowest BCUT2D eigenvalue weighted by Gasteiger charge is -2.25. The molecule has 1 aromatic rings. The van der Waals surface area contributed by atoms with E-state index in [-0.39, 0.29) is 0 Å². The van der Waals surface area contributed by atoms with Crippen LogP contribution in [0.3, 0.4) is 0 Å². The van der Waals surface area contributed by atoms with Crippen molar-refractivity contribution in [1.29, 1.82) is 0 Å². The topological polar surface area (TPSA) is 36.9 Å². The Morgan fingerprint density at radius 2 is 2.18 bits per heavy atom. The molecule has 0 saturated heterocycles. The van der Waals surface area contributed by atoms with Gasteiger partial charge in [-0.3, -0.25) is 4.99 Å². The fourth-order valence-corrected chi connectivity index (χ4v) is 3.24. The van der Waals surface area contributed by atoms with E-state index >= 15 is 0 Å². The first-order valence-corrected chi connectivity index (χ1v) is 8.42. The van der Waals surface area contributed by atoms with Crippen molar-refractivity contribution in [2.75, 3.05) is 38.3 Å². The van der Waals surface area contributed by atoms with Crippen LogP contribution in [-0.2, 0) is 11.2 Å². The van der Waals surface area contributed by atoms with Crippen LogP contribution in [0, 0.1) is 5.41 Å². The van der Waals surface area contributed by atoms with Crippen molar-refractivity contribution < 1.29 is 4.74 Å². The maximum absolute atomic E-state index is 5.52. The molecule has 4 nitrogen and oxygen atoms in total. The molecular weight excluding hydrogens is 274 g/mol. The molecule has 0 unspecified atom stereocenters. The van der Waals surface area contributed by atoms with Crippen LogP contribution < -0.4 is 10.2 Å². The maximum atomic E-state index is 5.52. The van der Waals surface area contributed by atoms with E-state index in [1.54, 1.807) is 0 Å². The van der Waals surface area contributed by atoms with E-state index in [0.29, 0.717) is 5.41 Å². The summed E-state index contributed by atoms with van der Waals surface area (Å²) in [6, 6.07) is 8.63. The molecule has 1 N–H and O–H groups in total. The van der Waals surface area contributed by atoms with Crippen LogP contribution in [0.25, 0.3) is 0 Å². The van der Waals surface area contributed by atoms with Crippen LogP contribution in [0.4, 0.5) is 5.69 Å². The Morgan fingerprint density at radius 3 is 2.91 bits per heavy atom. The quantitative estimate of drug-likeness (QED) is 0.499. The van der Waals surface area contributed by atoms with Gasteiger partial charge in [0.25, 0.3) is 0 Å². The van der Waals surface area contributed by atoms with E-state index in [1.807, 2.05) is 7.05 Å². The lowest BCUT2D eigenvalue weighted by Crippen LogP contribution is -2.43. The minimum atomic E-state index is 0.435. The zero-order valence-corrected chi connectivity index (χ0v) is 13.8. The molecule has 3 rings (SSSR count). The molecule has 4 heteroatoms. The Hall–Kier alpha value is -1.55. The van der Waals surface area contributed by atoms with Gasteiger partial charge in [-0.25, -0.2) is 0 Å². The first kappa shape index (κ1) is 15.3. The normalized spacial score (nSPS) is 19.2. The Morgan fingerprint density at radius 1 is 1.36 bits per heavy atom. The number of benzene rings is 1. The van der Waals surface area contributed by atoms with Gasteiger partial charge in [-0.05, 0) is 49.7 Å². The number of nitrogens with one attached hydrogen (secondary N) is 1. The van der Waals surface area contributed by atoms with Crippen LogP contribution >= 0.6 is 0 Å². The Bertz CT molecular complexity index is 537. The minimum absolute atomic E-state index is 0.435. The first-order valence-electron chi connectivity index (χ1n) is 8.42. The van der Waals surface area contributed by atoms with Gasteiger partial charge in [0, 0.05) is 39.0 Å². The highest BCUT2D eigenvalue weighted by Crippen LogP contribution is 2.48. The summed E-state index contributed by atoms with van der Waals surface area (Å²) in [4.78, 5) is 6.81. The second kappa shape index (κ2) is 6.69. The van der Waals surface area contributed by atoms with E-state index in [0.717, 1.165) is 45.1 Å². The predicted octanol–water partition coefficient (Wildman–Crippen LogP) is 2.83. The van der Waals surface area contributed by atoms with Gasteiger partial charge in [0.1, 0.15) is 0 Å². The number of rotatable bonds is 6. The molecule has 1 saturated carbocycles. The van der Waals surface area contributed by atoms with Crippen LogP contribution in [0.2, 0.25) is 0 Å². The van der Waals surface area contributed by atoms with Gasteiger partial charge in [-0.1, -0.05) is 18.2 Å². The molecule has 0 radical (unpaired) electrons. The van der Waals surface area contributed by atoms with Crippen molar-refractivity contribution in [3.63, 3.8) is 0 Å². The number of guanidine groups is 1.